The number of carbonyl (C=O) groups excluding carboxylic acids is 1. The van der Waals surface area contributed by atoms with Crippen molar-refractivity contribution in [2.45, 2.75) is 12.7 Å². The van der Waals surface area contributed by atoms with E-state index in [1.807, 2.05) is 0 Å². The van der Waals surface area contributed by atoms with E-state index in [2.05, 4.69) is 25.4 Å². The molecule has 32 heavy (non-hydrogen) atoms. The van der Waals surface area contributed by atoms with Crippen LogP contribution in [0.25, 0.3) is 23.0 Å². The number of hydrogen-bond acceptors (Lipinski definition) is 7. The average molecular weight is 442 g/mol. The van der Waals surface area contributed by atoms with Crippen molar-refractivity contribution in [1.29, 1.82) is 0 Å². The number of halogens is 3. The summed E-state index contributed by atoms with van der Waals surface area (Å²) in [6, 6.07) is 7.14. The zero-order valence-electron chi connectivity index (χ0n) is 16.1. The molecule has 1 aromatic carbocycles. The first-order valence-corrected chi connectivity index (χ1v) is 9.08. The average Bonchev–Trinajstić information content (AvgIpc) is 3.25. The number of pyridine rings is 1. The Kier molecular flexibility index (Phi) is 5.50. The zero-order valence-corrected chi connectivity index (χ0v) is 16.1. The molecule has 162 valence electrons. The summed E-state index contributed by atoms with van der Waals surface area (Å²) in [6.45, 7) is -0.436. The van der Waals surface area contributed by atoms with Gasteiger partial charge in [-0.05, 0) is 30.3 Å². The molecule has 4 aromatic rings. The van der Waals surface area contributed by atoms with Gasteiger partial charge < -0.3 is 14.4 Å². The minimum atomic E-state index is -4.54. The number of benzene rings is 1. The van der Waals surface area contributed by atoms with Crippen LogP contribution < -0.4 is 10.9 Å². The van der Waals surface area contributed by atoms with Crippen LogP contribution in [-0.4, -0.2) is 30.6 Å². The van der Waals surface area contributed by atoms with E-state index in [0.717, 1.165) is 16.7 Å². The quantitative estimate of drug-likeness (QED) is 0.505. The van der Waals surface area contributed by atoms with Gasteiger partial charge >= 0.3 is 6.18 Å². The fraction of sp³-hybridized carbons (Fsp3) is 0.100. The Balaban J connectivity index is 1.53. The molecule has 0 spiro atoms. The molecular weight excluding hydrogens is 429 g/mol. The molecular formula is C20H13F3N6O3. The van der Waals surface area contributed by atoms with E-state index >= 15 is 0 Å². The summed E-state index contributed by atoms with van der Waals surface area (Å²) in [5.74, 6) is -0.636. The van der Waals surface area contributed by atoms with Crippen molar-refractivity contribution in [3.63, 3.8) is 0 Å². The van der Waals surface area contributed by atoms with Crippen molar-refractivity contribution < 1.29 is 22.5 Å². The van der Waals surface area contributed by atoms with Crippen LogP contribution in [0.1, 0.15) is 5.56 Å². The van der Waals surface area contributed by atoms with Gasteiger partial charge in [-0.3, -0.25) is 14.6 Å². The van der Waals surface area contributed by atoms with Crippen LogP contribution in [0.4, 0.5) is 18.9 Å². The molecule has 9 nitrogen and oxygen atoms in total. The number of nitrogens with zero attached hydrogens (tertiary/aromatic N) is 5. The van der Waals surface area contributed by atoms with Gasteiger partial charge in [0.15, 0.2) is 0 Å². The number of aromatic nitrogens is 5. The number of carbonyl (C=O) groups is 1. The van der Waals surface area contributed by atoms with Crippen molar-refractivity contribution in [3.05, 3.63) is 77.1 Å². The van der Waals surface area contributed by atoms with E-state index in [0.29, 0.717) is 5.69 Å². The van der Waals surface area contributed by atoms with Crippen LogP contribution in [0.3, 0.4) is 0 Å². The number of nitrogens with one attached hydrogen (secondary N) is 1. The van der Waals surface area contributed by atoms with E-state index in [4.69, 9.17) is 4.52 Å². The summed E-state index contributed by atoms with van der Waals surface area (Å²) < 4.78 is 44.7. The number of hydrogen-bond donors (Lipinski definition) is 1. The molecule has 0 atom stereocenters. The Labute approximate surface area is 177 Å². The number of rotatable bonds is 5. The van der Waals surface area contributed by atoms with Gasteiger partial charge in [0, 0.05) is 24.3 Å². The van der Waals surface area contributed by atoms with Crippen LogP contribution in [0.5, 0.6) is 0 Å². The van der Waals surface area contributed by atoms with Crippen LogP contribution in [0, 0.1) is 0 Å². The molecule has 1 amide bonds. The third-order valence-corrected chi connectivity index (χ3v) is 4.26. The lowest BCUT2D eigenvalue weighted by atomic mass is 10.2. The zero-order chi connectivity index (χ0) is 22.7. The molecule has 4 rings (SSSR count). The second-order valence-corrected chi connectivity index (χ2v) is 6.50. The molecule has 0 saturated carbocycles. The Morgan fingerprint density at radius 1 is 1.16 bits per heavy atom. The lowest BCUT2D eigenvalue weighted by Crippen LogP contribution is -2.28. The van der Waals surface area contributed by atoms with Gasteiger partial charge in [0.25, 0.3) is 11.4 Å². The highest BCUT2D eigenvalue weighted by atomic mass is 19.4. The largest absolute Gasteiger partial charge is 0.416 e. The van der Waals surface area contributed by atoms with Gasteiger partial charge in [0.1, 0.15) is 17.8 Å². The highest BCUT2D eigenvalue weighted by Crippen LogP contribution is 2.30. The fourth-order valence-corrected chi connectivity index (χ4v) is 2.80. The van der Waals surface area contributed by atoms with Crippen molar-refractivity contribution in [3.8, 4) is 23.0 Å². The van der Waals surface area contributed by atoms with E-state index in [1.54, 1.807) is 0 Å². The fourth-order valence-electron chi connectivity index (χ4n) is 2.80. The highest BCUT2D eigenvalue weighted by molar-refractivity contribution is 5.90. The molecule has 12 heteroatoms. The van der Waals surface area contributed by atoms with Crippen LogP contribution >= 0.6 is 0 Å². The Bertz CT molecular complexity index is 1320. The molecule has 0 saturated heterocycles. The van der Waals surface area contributed by atoms with Crippen molar-refractivity contribution in [2.75, 3.05) is 5.32 Å². The van der Waals surface area contributed by atoms with E-state index in [-0.39, 0.29) is 23.0 Å². The van der Waals surface area contributed by atoms with E-state index in [9.17, 15) is 22.8 Å². The molecule has 0 aliphatic carbocycles. The Morgan fingerprint density at radius 2 is 2.00 bits per heavy atom. The molecule has 0 aliphatic rings. The lowest BCUT2D eigenvalue weighted by Gasteiger charge is -2.11. The summed E-state index contributed by atoms with van der Waals surface area (Å²) in [5, 5.41) is 6.12. The molecule has 0 bridgehead atoms. The van der Waals surface area contributed by atoms with Crippen LogP contribution in [0.15, 0.2) is 70.5 Å². The highest BCUT2D eigenvalue weighted by Gasteiger charge is 2.30. The second-order valence-electron chi connectivity index (χ2n) is 6.50. The summed E-state index contributed by atoms with van der Waals surface area (Å²) >= 11 is 0. The standard InChI is InChI=1S/C20H13F3N6O3/c21-20(22,23)12-3-1-4-13(9-12)26-16(30)11-29-8-2-5-14(19(29)31)18-27-17(28-32-18)15-10-24-6-7-25-15/h1-10H,11H2,(H,26,30). The monoisotopic (exact) mass is 442 g/mol. The maximum atomic E-state index is 12.8. The number of amides is 1. The van der Waals surface area contributed by atoms with Gasteiger partial charge in [0.2, 0.25) is 11.7 Å². The maximum Gasteiger partial charge on any atom is 0.416 e. The molecule has 0 radical (unpaired) electrons. The normalized spacial score (nSPS) is 11.3. The molecule has 1 N–H and O–H groups in total. The van der Waals surface area contributed by atoms with E-state index in [1.165, 1.54) is 49.1 Å². The van der Waals surface area contributed by atoms with Crippen LogP contribution in [-0.2, 0) is 17.5 Å². The summed E-state index contributed by atoms with van der Waals surface area (Å²) in [5.41, 5.74) is -1.15. The van der Waals surface area contributed by atoms with Crippen LogP contribution in [0.2, 0.25) is 0 Å². The topological polar surface area (TPSA) is 116 Å². The summed E-state index contributed by atoms with van der Waals surface area (Å²) in [4.78, 5) is 37.2. The molecule has 0 aliphatic heterocycles. The van der Waals surface area contributed by atoms with Gasteiger partial charge in [-0.25, -0.2) is 4.98 Å². The van der Waals surface area contributed by atoms with Gasteiger partial charge in [-0.2, -0.15) is 18.2 Å². The Morgan fingerprint density at radius 3 is 2.75 bits per heavy atom. The molecule has 3 heterocycles. The van der Waals surface area contributed by atoms with Crippen molar-refractivity contribution >= 4 is 11.6 Å². The first-order chi connectivity index (χ1) is 15.3. The number of alkyl halides is 3. The van der Waals surface area contributed by atoms with Gasteiger partial charge in [0.05, 0.1) is 11.8 Å². The third-order valence-electron chi connectivity index (χ3n) is 4.26. The molecule has 3 aromatic heterocycles. The van der Waals surface area contributed by atoms with Gasteiger partial charge in [-0.15, -0.1) is 0 Å². The third kappa shape index (κ3) is 4.53. The lowest BCUT2D eigenvalue weighted by molar-refractivity contribution is -0.137. The number of anilines is 1. The predicted molar refractivity (Wildman–Crippen MR) is 105 cm³/mol. The summed E-state index contributed by atoms with van der Waals surface area (Å²) in [6.07, 6.45) is 1.17. The SMILES string of the molecule is O=C(Cn1cccc(-c2nc(-c3cnccn3)no2)c1=O)Nc1cccc(C(F)(F)F)c1. The minimum Gasteiger partial charge on any atom is -0.333 e. The smallest absolute Gasteiger partial charge is 0.333 e. The minimum absolute atomic E-state index is 0.0421. The molecule has 0 fully saturated rings. The maximum absolute atomic E-state index is 12.8. The molecule has 0 unspecified atom stereocenters. The van der Waals surface area contributed by atoms with Crippen molar-refractivity contribution in [2.24, 2.45) is 0 Å². The predicted octanol–water partition coefficient (Wildman–Crippen LogP) is 3.01. The first kappa shape index (κ1) is 20.9. The van der Waals surface area contributed by atoms with E-state index < -0.39 is 29.8 Å². The van der Waals surface area contributed by atoms with Gasteiger partial charge in [-0.1, -0.05) is 11.2 Å². The summed E-state index contributed by atoms with van der Waals surface area (Å²) in [7, 11) is 0. The first-order valence-electron chi connectivity index (χ1n) is 9.08. The van der Waals surface area contributed by atoms with Crippen molar-refractivity contribution in [1.82, 2.24) is 24.7 Å². The second kappa shape index (κ2) is 8.41. The Hall–Kier alpha value is -4.35.